The third kappa shape index (κ3) is 3.67. The molecule has 1 amide bonds. The van der Waals surface area contributed by atoms with E-state index in [-0.39, 0.29) is 17.4 Å². The molecular weight excluding hydrogens is 280 g/mol. The molecule has 1 N–H and O–H groups in total. The summed E-state index contributed by atoms with van der Waals surface area (Å²) in [6.07, 6.45) is 7.29. The quantitative estimate of drug-likeness (QED) is 0.873. The molecule has 1 saturated carbocycles. The third-order valence-electron chi connectivity index (χ3n) is 4.03. The number of rotatable bonds is 6. The lowest BCUT2D eigenvalue weighted by Gasteiger charge is -2.31. The number of hydrogen-bond acceptors (Lipinski definition) is 5. The van der Waals surface area contributed by atoms with Gasteiger partial charge in [-0.3, -0.25) is 4.79 Å². The molecular formula is C16H26N4O2. The van der Waals surface area contributed by atoms with E-state index in [0.717, 1.165) is 25.7 Å². The minimum absolute atomic E-state index is 0.0288. The molecule has 0 atom stereocenters. The Morgan fingerprint density at radius 3 is 2.55 bits per heavy atom. The highest BCUT2D eigenvalue weighted by molar-refractivity contribution is 5.83. The maximum absolute atomic E-state index is 12.6. The summed E-state index contributed by atoms with van der Waals surface area (Å²) in [5.74, 6) is 1.28. The highest BCUT2D eigenvalue weighted by atomic mass is 16.5. The molecule has 2 rings (SSSR count). The van der Waals surface area contributed by atoms with E-state index in [0.29, 0.717) is 18.2 Å². The van der Waals surface area contributed by atoms with E-state index in [1.807, 2.05) is 27.9 Å². The topological polar surface area (TPSA) is 67.4 Å². The Labute approximate surface area is 132 Å². The number of carbonyl (C=O) groups is 1. The number of nitrogens with zero attached hydrogens (tertiary/aromatic N) is 3. The first kappa shape index (κ1) is 16.5. The molecule has 122 valence electrons. The van der Waals surface area contributed by atoms with Gasteiger partial charge in [-0.1, -0.05) is 12.8 Å². The predicted molar refractivity (Wildman–Crippen MR) is 85.9 cm³/mol. The first-order chi connectivity index (χ1) is 10.4. The van der Waals surface area contributed by atoms with Gasteiger partial charge in [0.2, 0.25) is 5.91 Å². The van der Waals surface area contributed by atoms with Crippen LogP contribution in [-0.2, 0) is 4.79 Å². The van der Waals surface area contributed by atoms with Crippen LogP contribution in [0.15, 0.2) is 12.4 Å². The van der Waals surface area contributed by atoms with Crippen LogP contribution in [0.5, 0.6) is 5.88 Å². The van der Waals surface area contributed by atoms with Gasteiger partial charge in [-0.25, -0.2) is 9.97 Å². The van der Waals surface area contributed by atoms with E-state index in [2.05, 4.69) is 15.3 Å². The zero-order chi connectivity index (χ0) is 16.2. The van der Waals surface area contributed by atoms with Crippen molar-refractivity contribution in [2.45, 2.75) is 45.6 Å². The number of nitrogens with one attached hydrogen (secondary N) is 1. The van der Waals surface area contributed by atoms with Crippen LogP contribution in [0.2, 0.25) is 0 Å². The molecule has 0 spiro atoms. The van der Waals surface area contributed by atoms with Gasteiger partial charge < -0.3 is 15.0 Å². The van der Waals surface area contributed by atoms with Gasteiger partial charge in [0.25, 0.3) is 5.88 Å². The molecule has 6 heteroatoms. The zero-order valence-corrected chi connectivity index (χ0v) is 13.9. The Hall–Kier alpha value is -1.85. The van der Waals surface area contributed by atoms with Crippen molar-refractivity contribution in [1.82, 2.24) is 14.9 Å². The van der Waals surface area contributed by atoms with Crippen molar-refractivity contribution in [2.24, 2.45) is 5.41 Å². The first-order valence-corrected chi connectivity index (χ1v) is 7.88. The largest absolute Gasteiger partial charge is 0.472 e. The van der Waals surface area contributed by atoms with Crippen molar-refractivity contribution in [3.05, 3.63) is 12.4 Å². The summed E-state index contributed by atoms with van der Waals surface area (Å²) < 4.78 is 5.67. The Kier molecular flexibility index (Phi) is 5.21. The van der Waals surface area contributed by atoms with E-state index in [4.69, 9.17) is 4.74 Å². The highest BCUT2D eigenvalue weighted by Crippen LogP contribution is 2.40. The number of amides is 1. The van der Waals surface area contributed by atoms with Gasteiger partial charge in [0, 0.05) is 33.0 Å². The fraction of sp³-hybridized carbons (Fsp3) is 0.688. The van der Waals surface area contributed by atoms with Gasteiger partial charge >= 0.3 is 0 Å². The maximum atomic E-state index is 12.6. The normalized spacial score (nSPS) is 16.6. The highest BCUT2D eigenvalue weighted by Gasteiger charge is 2.42. The maximum Gasteiger partial charge on any atom is 0.257 e. The van der Waals surface area contributed by atoms with E-state index in [1.54, 1.807) is 17.3 Å². The molecule has 0 saturated heterocycles. The molecule has 1 aliphatic carbocycles. The second-order valence-electron chi connectivity index (χ2n) is 6.42. The van der Waals surface area contributed by atoms with Gasteiger partial charge in [0.15, 0.2) is 5.82 Å². The van der Waals surface area contributed by atoms with Gasteiger partial charge in [0.05, 0.1) is 11.5 Å². The Morgan fingerprint density at radius 1 is 1.32 bits per heavy atom. The molecule has 1 fully saturated rings. The Bertz CT molecular complexity index is 511. The lowest BCUT2D eigenvalue weighted by atomic mass is 9.84. The smallest absolute Gasteiger partial charge is 0.257 e. The summed E-state index contributed by atoms with van der Waals surface area (Å²) in [7, 11) is 3.63. The number of carbonyl (C=O) groups excluding carboxylic acids is 1. The third-order valence-corrected chi connectivity index (χ3v) is 4.03. The predicted octanol–water partition coefficient (Wildman–Crippen LogP) is 2.32. The van der Waals surface area contributed by atoms with Crippen molar-refractivity contribution in [2.75, 3.05) is 26.0 Å². The molecule has 1 aliphatic rings. The lowest BCUT2D eigenvalue weighted by Crippen LogP contribution is -2.43. The molecule has 0 radical (unpaired) electrons. The minimum Gasteiger partial charge on any atom is -0.472 e. The van der Waals surface area contributed by atoms with E-state index in [1.165, 1.54) is 0 Å². The van der Waals surface area contributed by atoms with Gasteiger partial charge in [-0.2, -0.15) is 0 Å². The average Bonchev–Trinajstić information content (AvgIpc) is 2.95. The molecule has 0 aliphatic heterocycles. The Morgan fingerprint density at radius 2 is 1.95 bits per heavy atom. The SMILES string of the molecule is CC(C)Oc1nccnc1NCC1(C(=O)N(C)C)CCCC1. The molecule has 1 heterocycles. The van der Waals surface area contributed by atoms with Crippen molar-refractivity contribution >= 4 is 11.7 Å². The number of anilines is 1. The second kappa shape index (κ2) is 6.94. The van der Waals surface area contributed by atoms with Crippen molar-refractivity contribution in [3.63, 3.8) is 0 Å². The molecule has 0 bridgehead atoms. The van der Waals surface area contributed by atoms with E-state index < -0.39 is 0 Å². The van der Waals surface area contributed by atoms with Gasteiger partial charge in [-0.05, 0) is 26.7 Å². The fourth-order valence-electron chi connectivity index (χ4n) is 3.00. The van der Waals surface area contributed by atoms with Crippen molar-refractivity contribution in [3.8, 4) is 5.88 Å². The molecule has 6 nitrogen and oxygen atoms in total. The fourth-order valence-corrected chi connectivity index (χ4v) is 3.00. The summed E-state index contributed by atoms with van der Waals surface area (Å²) in [6.45, 7) is 4.47. The van der Waals surface area contributed by atoms with Crippen molar-refractivity contribution < 1.29 is 9.53 Å². The summed E-state index contributed by atoms with van der Waals surface area (Å²) in [6, 6.07) is 0. The summed E-state index contributed by atoms with van der Waals surface area (Å²) in [5.41, 5.74) is -0.337. The number of hydrogen-bond donors (Lipinski definition) is 1. The molecule has 1 aromatic heterocycles. The van der Waals surface area contributed by atoms with Gasteiger partial charge in [0.1, 0.15) is 0 Å². The van der Waals surface area contributed by atoms with E-state index in [9.17, 15) is 4.79 Å². The summed E-state index contributed by atoms with van der Waals surface area (Å²) in [4.78, 5) is 22.8. The van der Waals surface area contributed by atoms with Crippen LogP contribution in [0.25, 0.3) is 0 Å². The van der Waals surface area contributed by atoms with Crippen LogP contribution >= 0.6 is 0 Å². The monoisotopic (exact) mass is 306 g/mol. The van der Waals surface area contributed by atoms with Crippen LogP contribution in [0.4, 0.5) is 5.82 Å². The average molecular weight is 306 g/mol. The first-order valence-electron chi connectivity index (χ1n) is 7.88. The standard InChI is InChI=1S/C16H26N4O2/c1-12(2)22-14-13(17-9-10-18-14)19-11-16(7-5-6-8-16)15(21)20(3)4/h9-10,12H,5-8,11H2,1-4H3,(H,17,19). The van der Waals surface area contributed by atoms with Crippen LogP contribution in [-0.4, -0.2) is 47.5 Å². The number of ether oxygens (including phenoxy) is 1. The van der Waals surface area contributed by atoms with Crippen LogP contribution < -0.4 is 10.1 Å². The van der Waals surface area contributed by atoms with Crippen LogP contribution in [0, 0.1) is 5.41 Å². The van der Waals surface area contributed by atoms with Crippen molar-refractivity contribution in [1.29, 1.82) is 0 Å². The lowest BCUT2D eigenvalue weighted by molar-refractivity contribution is -0.138. The minimum atomic E-state index is -0.337. The molecule has 1 aromatic rings. The molecule has 22 heavy (non-hydrogen) atoms. The van der Waals surface area contributed by atoms with Crippen LogP contribution in [0.1, 0.15) is 39.5 Å². The summed E-state index contributed by atoms with van der Waals surface area (Å²) in [5, 5.41) is 3.29. The zero-order valence-electron chi connectivity index (χ0n) is 13.9. The van der Waals surface area contributed by atoms with E-state index >= 15 is 0 Å². The molecule has 0 aromatic carbocycles. The number of aromatic nitrogens is 2. The molecule has 0 unspecified atom stereocenters. The van der Waals surface area contributed by atoms with Crippen LogP contribution in [0.3, 0.4) is 0 Å². The Balaban J connectivity index is 2.12. The van der Waals surface area contributed by atoms with Gasteiger partial charge in [-0.15, -0.1) is 0 Å². The summed E-state index contributed by atoms with van der Waals surface area (Å²) >= 11 is 0. The second-order valence-corrected chi connectivity index (χ2v) is 6.42.